The molecule has 0 unspecified atom stereocenters. The highest BCUT2D eigenvalue weighted by Gasteiger charge is 2.38. The molecule has 0 amide bonds. The molecule has 0 aromatic heterocycles. The van der Waals surface area contributed by atoms with Gasteiger partial charge in [0.25, 0.3) is 0 Å². The van der Waals surface area contributed by atoms with Crippen molar-refractivity contribution in [2.45, 2.75) is 44.3 Å². The molecule has 0 saturated heterocycles. The van der Waals surface area contributed by atoms with Crippen LogP contribution in [0.3, 0.4) is 0 Å². The predicted octanol–water partition coefficient (Wildman–Crippen LogP) is 4.85. The second-order valence-electron chi connectivity index (χ2n) is 5.34. The summed E-state index contributed by atoms with van der Waals surface area (Å²) in [5, 5.41) is 0. The highest BCUT2D eigenvalue weighted by molar-refractivity contribution is 5.53. The van der Waals surface area contributed by atoms with Gasteiger partial charge in [0.1, 0.15) is 5.70 Å². The van der Waals surface area contributed by atoms with Gasteiger partial charge < -0.3 is 4.90 Å². The summed E-state index contributed by atoms with van der Waals surface area (Å²) in [6.07, 6.45) is 1.79. The minimum Gasteiger partial charge on any atom is -0.368 e. The average molecular weight is 283 g/mol. The number of hydrogen-bond donors (Lipinski definition) is 0. The topological polar surface area (TPSA) is 3.24 Å². The van der Waals surface area contributed by atoms with Crippen molar-refractivity contribution in [3.63, 3.8) is 0 Å². The van der Waals surface area contributed by atoms with Gasteiger partial charge in [0.2, 0.25) is 0 Å². The minimum absolute atomic E-state index is 0.000312. The van der Waals surface area contributed by atoms with Crippen LogP contribution >= 0.6 is 0 Å². The summed E-state index contributed by atoms with van der Waals surface area (Å²) in [6, 6.07) is 8.69. The summed E-state index contributed by atoms with van der Waals surface area (Å²) in [6.45, 7) is 0. The summed E-state index contributed by atoms with van der Waals surface area (Å²) in [5.74, 6) is 0. The molecule has 1 aromatic rings. The quantitative estimate of drug-likeness (QED) is 0.766. The molecule has 1 aliphatic carbocycles. The number of benzene rings is 1. The van der Waals surface area contributed by atoms with E-state index in [-0.39, 0.29) is 6.04 Å². The van der Waals surface area contributed by atoms with Gasteiger partial charge in [-0.2, -0.15) is 13.2 Å². The zero-order valence-electron chi connectivity index (χ0n) is 11.7. The van der Waals surface area contributed by atoms with E-state index in [9.17, 15) is 13.2 Å². The van der Waals surface area contributed by atoms with Gasteiger partial charge in [-0.05, 0) is 24.5 Å². The van der Waals surface area contributed by atoms with Crippen LogP contribution in [0.25, 0.3) is 6.08 Å². The van der Waals surface area contributed by atoms with Gasteiger partial charge in [0, 0.05) is 13.1 Å². The summed E-state index contributed by atoms with van der Waals surface area (Å²) in [4.78, 5) is 1.42. The lowest BCUT2D eigenvalue weighted by atomic mass is 9.94. The monoisotopic (exact) mass is 283 g/mol. The van der Waals surface area contributed by atoms with E-state index in [0.29, 0.717) is 5.56 Å². The van der Waals surface area contributed by atoms with E-state index in [4.69, 9.17) is 0 Å². The second-order valence-corrected chi connectivity index (χ2v) is 5.34. The molecule has 1 saturated carbocycles. The molecule has 1 aromatic carbocycles. The molecule has 0 aliphatic heterocycles. The van der Waals surface area contributed by atoms with Crippen LogP contribution in [-0.2, 0) is 0 Å². The maximum absolute atomic E-state index is 13.3. The first-order valence-electron chi connectivity index (χ1n) is 7.05. The third-order valence-corrected chi connectivity index (χ3v) is 3.90. The summed E-state index contributed by atoms with van der Waals surface area (Å²) >= 11 is 0. The fourth-order valence-electron chi connectivity index (χ4n) is 2.76. The molecule has 0 radical (unpaired) electrons. The van der Waals surface area contributed by atoms with E-state index in [2.05, 4.69) is 0 Å². The lowest BCUT2D eigenvalue weighted by molar-refractivity contribution is -0.112. The fraction of sp³-hybridized carbons (Fsp3) is 0.500. The highest BCUT2D eigenvalue weighted by atomic mass is 19.4. The normalized spacial score (nSPS) is 18.1. The van der Waals surface area contributed by atoms with Crippen molar-refractivity contribution in [1.29, 1.82) is 0 Å². The molecule has 110 valence electrons. The van der Waals surface area contributed by atoms with E-state index in [1.54, 1.807) is 37.4 Å². The van der Waals surface area contributed by atoms with Crippen molar-refractivity contribution < 1.29 is 13.2 Å². The van der Waals surface area contributed by atoms with Crippen LogP contribution in [0.4, 0.5) is 13.2 Å². The number of halogens is 3. The zero-order valence-corrected chi connectivity index (χ0v) is 11.7. The van der Waals surface area contributed by atoms with Gasteiger partial charge in [0.15, 0.2) is 0 Å². The van der Waals surface area contributed by atoms with Crippen LogP contribution in [0.5, 0.6) is 0 Å². The summed E-state index contributed by atoms with van der Waals surface area (Å²) < 4.78 is 39.9. The van der Waals surface area contributed by atoms with E-state index in [1.807, 2.05) is 0 Å². The van der Waals surface area contributed by atoms with Crippen molar-refractivity contribution in [3.8, 4) is 0 Å². The molecule has 1 aliphatic rings. The van der Waals surface area contributed by atoms with Gasteiger partial charge in [-0.3, -0.25) is 0 Å². The van der Waals surface area contributed by atoms with Crippen molar-refractivity contribution in [3.05, 3.63) is 41.6 Å². The number of nitrogens with zero attached hydrogens (tertiary/aromatic N) is 1. The fourth-order valence-corrected chi connectivity index (χ4v) is 2.76. The van der Waals surface area contributed by atoms with E-state index in [1.165, 1.54) is 11.0 Å². The van der Waals surface area contributed by atoms with Gasteiger partial charge in [0.05, 0.1) is 0 Å². The standard InChI is InChI=1S/C16H20F3N/c1-20(14-10-6-3-7-11-14)15(16(17,18)19)12-13-8-4-2-5-9-13/h2,4-5,8-9,12,14H,3,6-7,10-11H2,1H3/b15-12+. The van der Waals surface area contributed by atoms with Crippen LogP contribution in [-0.4, -0.2) is 24.2 Å². The van der Waals surface area contributed by atoms with Crippen molar-refractivity contribution in [2.75, 3.05) is 7.05 Å². The molecule has 1 nitrogen and oxygen atoms in total. The Hall–Kier alpha value is -1.45. The first-order chi connectivity index (χ1) is 9.48. The van der Waals surface area contributed by atoms with Crippen LogP contribution in [0.1, 0.15) is 37.7 Å². The Morgan fingerprint density at radius 3 is 2.25 bits per heavy atom. The zero-order chi connectivity index (χ0) is 14.6. The first kappa shape index (κ1) is 14.9. The molecular weight excluding hydrogens is 263 g/mol. The molecule has 0 heterocycles. The second kappa shape index (κ2) is 6.33. The Kier molecular flexibility index (Phi) is 4.73. The molecule has 2 rings (SSSR count). The lowest BCUT2D eigenvalue weighted by Gasteiger charge is -2.35. The van der Waals surface area contributed by atoms with Crippen LogP contribution in [0.2, 0.25) is 0 Å². The SMILES string of the molecule is CN(/C(=C/c1ccccc1)C(F)(F)F)C1CCCCC1. The molecule has 4 heteroatoms. The Balaban J connectivity index is 2.25. The van der Waals surface area contributed by atoms with Crippen LogP contribution in [0, 0.1) is 0 Å². The van der Waals surface area contributed by atoms with Crippen LogP contribution in [0.15, 0.2) is 36.0 Å². The predicted molar refractivity (Wildman–Crippen MR) is 75.1 cm³/mol. The van der Waals surface area contributed by atoms with Gasteiger partial charge in [-0.1, -0.05) is 49.6 Å². The Morgan fingerprint density at radius 1 is 1.10 bits per heavy atom. The van der Waals surface area contributed by atoms with E-state index < -0.39 is 11.9 Å². The van der Waals surface area contributed by atoms with E-state index >= 15 is 0 Å². The lowest BCUT2D eigenvalue weighted by Crippen LogP contribution is -2.38. The molecule has 0 N–H and O–H groups in total. The average Bonchev–Trinajstić information content (AvgIpc) is 2.45. The number of hydrogen-bond acceptors (Lipinski definition) is 1. The van der Waals surface area contributed by atoms with Crippen molar-refractivity contribution in [2.24, 2.45) is 0 Å². The first-order valence-corrected chi connectivity index (χ1v) is 7.05. The minimum atomic E-state index is -4.32. The largest absolute Gasteiger partial charge is 0.431 e. The van der Waals surface area contributed by atoms with Gasteiger partial charge >= 0.3 is 6.18 Å². The third-order valence-electron chi connectivity index (χ3n) is 3.90. The summed E-state index contributed by atoms with van der Waals surface area (Å²) in [5.41, 5.74) is 0.0399. The smallest absolute Gasteiger partial charge is 0.368 e. The Morgan fingerprint density at radius 2 is 1.70 bits per heavy atom. The molecule has 0 bridgehead atoms. The maximum Gasteiger partial charge on any atom is 0.431 e. The van der Waals surface area contributed by atoms with E-state index in [0.717, 1.165) is 32.1 Å². The van der Waals surface area contributed by atoms with Crippen molar-refractivity contribution >= 4 is 6.08 Å². The number of allylic oxidation sites excluding steroid dienone is 1. The Bertz CT molecular complexity index is 445. The number of alkyl halides is 3. The third kappa shape index (κ3) is 3.78. The van der Waals surface area contributed by atoms with Gasteiger partial charge in [-0.25, -0.2) is 0 Å². The van der Waals surface area contributed by atoms with Gasteiger partial charge in [-0.15, -0.1) is 0 Å². The van der Waals surface area contributed by atoms with Crippen molar-refractivity contribution in [1.82, 2.24) is 4.90 Å². The Labute approximate surface area is 118 Å². The molecule has 0 spiro atoms. The molecule has 20 heavy (non-hydrogen) atoms. The van der Waals surface area contributed by atoms with Crippen LogP contribution < -0.4 is 0 Å². The maximum atomic E-state index is 13.3. The molecule has 0 atom stereocenters. The number of rotatable bonds is 3. The summed E-state index contributed by atoms with van der Waals surface area (Å²) in [7, 11) is 1.57. The highest BCUT2D eigenvalue weighted by Crippen LogP contribution is 2.34. The molecular formula is C16H20F3N. The molecule has 1 fully saturated rings.